The molecule has 0 bridgehead atoms. The Morgan fingerprint density at radius 2 is 1.62 bits per heavy atom. The molecule has 3 aromatic rings. The van der Waals surface area contributed by atoms with E-state index in [1.54, 1.807) is 28.8 Å². The number of carbonyl (C=O) groups is 2. The van der Waals surface area contributed by atoms with E-state index in [0.29, 0.717) is 5.69 Å². The molecule has 150 valence electrons. The molecule has 3 heterocycles. The Morgan fingerprint density at radius 3 is 2.28 bits per heavy atom. The number of hydrogen-bond donors (Lipinski definition) is 2. The number of hydrogen-bond acceptors (Lipinski definition) is 6. The first-order valence-corrected chi connectivity index (χ1v) is 9.62. The van der Waals surface area contributed by atoms with Crippen molar-refractivity contribution in [3.8, 4) is 0 Å². The third-order valence-corrected chi connectivity index (χ3v) is 5.07. The summed E-state index contributed by atoms with van der Waals surface area (Å²) >= 11 is 0. The zero-order valence-corrected chi connectivity index (χ0v) is 16.4. The molecule has 4 rings (SSSR count). The van der Waals surface area contributed by atoms with Gasteiger partial charge in [-0.25, -0.2) is 0 Å². The van der Waals surface area contributed by atoms with Crippen molar-refractivity contribution in [2.45, 2.75) is 26.7 Å². The number of fused-ring (bicyclic) bond motifs is 1. The number of carbonyl (C=O) groups excluding carboxylic acids is 2. The van der Waals surface area contributed by atoms with E-state index in [2.05, 4.69) is 30.8 Å². The average molecular weight is 393 g/mol. The van der Waals surface area contributed by atoms with Crippen LogP contribution in [-0.2, 0) is 9.59 Å². The van der Waals surface area contributed by atoms with E-state index >= 15 is 0 Å². The zero-order chi connectivity index (χ0) is 20.4. The van der Waals surface area contributed by atoms with Crippen molar-refractivity contribution >= 4 is 34.7 Å². The minimum Gasteiger partial charge on any atom is -0.355 e. The molecule has 0 saturated carbocycles. The largest absolute Gasteiger partial charge is 0.355 e. The molecule has 9 nitrogen and oxygen atoms in total. The number of benzene rings is 1. The topological polar surface area (TPSA) is 105 Å². The first-order valence-electron chi connectivity index (χ1n) is 9.62. The standard InChI is InChI=1S/C20H23N7O2/c1-13-23-24-18-7-8-19(25-27(13)18)26-11-9-15(10-12-26)20(29)22-17-5-3-16(4-6-17)21-14(2)28/h3-8,15H,9-12H2,1-2H3,(H,21,28)(H,22,29). The van der Waals surface area contributed by atoms with E-state index in [4.69, 9.17) is 0 Å². The fourth-order valence-electron chi connectivity index (χ4n) is 3.51. The van der Waals surface area contributed by atoms with Gasteiger partial charge in [0.1, 0.15) is 5.82 Å². The Kier molecular flexibility index (Phi) is 5.11. The van der Waals surface area contributed by atoms with Crippen LogP contribution < -0.4 is 15.5 Å². The van der Waals surface area contributed by atoms with Crippen LogP contribution in [0.2, 0.25) is 0 Å². The zero-order valence-electron chi connectivity index (χ0n) is 16.4. The van der Waals surface area contributed by atoms with Gasteiger partial charge in [0, 0.05) is 37.3 Å². The summed E-state index contributed by atoms with van der Waals surface area (Å²) in [4.78, 5) is 25.9. The van der Waals surface area contributed by atoms with E-state index in [9.17, 15) is 9.59 Å². The lowest BCUT2D eigenvalue weighted by Gasteiger charge is -2.32. The summed E-state index contributed by atoms with van der Waals surface area (Å²) in [5, 5.41) is 18.4. The van der Waals surface area contributed by atoms with Crippen molar-refractivity contribution in [2.75, 3.05) is 28.6 Å². The van der Waals surface area contributed by atoms with Crippen LogP contribution in [0.4, 0.5) is 17.2 Å². The Morgan fingerprint density at radius 1 is 0.966 bits per heavy atom. The Balaban J connectivity index is 1.34. The van der Waals surface area contributed by atoms with Crippen molar-refractivity contribution < 1.29 is 9.59 Å². The predicted octanol–water partition coefficient (Wildman–Crippen LogP) is 2.25. The smallest absolute Gasteiger partial charge is 0.227 e. The van der Waals surface area contributed by atoms with Gasteiger partial charge in [0.15, 0.2) is 11.5 Å². The molecule has 0 radical (unpaired) electrons. The second-order valence-electron chi connectivity index (χ2n) is 7.22. The van der Waals surface area contributed by atoms with Gasteiger partial charge in [0.05, 0.1) is 0 Å². The van der Waals surface area contributed by atoms with Gasteiger partial charge in [-0.15, -0.1) is 15.3 Å². The molecular weight excluding hydrogens is 370 g/mol. The molecule has 29 heavy (non-hydrogen) atoms. The van der Waals surface area contributed by atoms with Crippen molar-refractivity contribution in [1.82, 2.24) is 19.8 Å². The van der Waals surface area contributed by atoms with Gasteiger partial charge in [0.25, 0.3) is 0 Å². The quantitative estimate of drug-likeness (QED) is 0.704. The number of nitrogens with one attached hydrogen (secondary N) is 2. The highest BCUT2D eigenvalue weighted by atomic mass is 16.2. The molecule has 1 fully saturated rings. The lowest BCUT2D eigenvalue weighted by molar-refractivity contribution is -0.120. The normalized spacial score (nSPS) is 14.8. The SMILES string of the molecule is CC(=O)Nc1ccc(NC(=O)C2CCN(c3ccc4nnc(C)n4n3)CC2)cc1. The van der Waals surface area contributed by atoms with Crippen LogP contribution in [0.5, 0.6) is 0 Å². The number of anilines is 3. The lowest BCUT2D eigenvalue weighted by atomic mass is 9.96. The van der Waals surface area contributed by atoms with Crippen LogP contribution in [0.15, 0.2) is 36.4 Å². The Labute approximate surface area is 168 Å². The van der Waals surface area contributed by atoms with Crippen LogP contribution in [0.3, 0.4) is 0 Å². The fourth-order valence-corrected chi connectivity index (χ4v) is 3.51. The maximum absolute atomic E-state index is 12.6. The van der Waals surface area contributed by atoms with Gasteiger partial charge < -0.3 is 15.5 Å². The van der Waals surface area contributed by atoms with E-state index in [1.165, 1.54) is 6.92 Å². The third-order valence-electron chi connectivity index (χ3n) is 5.07. The molecule has 0 unspecified atom stereocenters. The minimum absolute atomic E-state index is 0.0231. The van der Waals surface area contributed by atoms with Crippen LogP contribution in [0.1, 0.15) is 25.6 Å². The Bertz CT molecular complexity index is 1040. The van der Waals surface area contributed by atoms with Gasteiger partial charge in [0.2, 0.25) is 11.8 Å². The Hall–Kier alpha value is -3.49. The van der Waals surface area contributed by atoms with Crippen LogP contribution in [0.25, 0.3) is 5.65 Å². The molecule has 2 aromatic heterocycles. The molecule has 0 aliphatic carbocycles. The number of nitrogens with zero attached hydrogens (tertiary/aromatic N) is 5. The van der Waals surface area contributed by atoms with Crippen molar-refractivity contribution in [3.05, 3.63) is 42.2 Å². The monoisotopic (exact) mass is 393 g/mol. The molecule has 9 heteroatoms. The number of amides is 2. The van der Waals surface area contributed by atoms with E-state index in [0.717, 1.165) is 48.9 Å². The van der Waals surface area contributed by atoms with E-state index in [1.807, 2.05) is 19.1 Å². The fraction of sp³-hybridized carbons (Fsp3) is 0.350. The summed E-state index contributed by atoms with van der Waals surface area (Å²) in [6.45, 7) is 4.86. The highest BCUT2D eigenvalue weighted by Crippen LogP contribution is 2.24. The third kappa shape index (κ3) is 4.18. The molecule has 2 N–H and O–H groups in total. The molecule has 1 aromatic carbocycles. The highest BCUT2D eigenvalue weighted by molar-refractivity contribution is 5.93. The van der Waals surface area contributed by atoms with Crippen LogP contribution in [-0.4, -0.2) is 44.7 Å². The van der Waals surface area contributed by atoms with Gasteiger partial charge in [-0.05, 0) is 56.2 Å². The number of aryl methyl sites for hydroxylation is 1. The highest BCUT2D eigenvalue weighted by Gasteiger charge is 2.26. The molecule has 2 amide bonds. The molecule has 1 saturated heterocycles. The van der Waals surface area contributed by atoms with Gasteiger partial charge >= 0.3 is 0 Å². The number of rotatable bonds is 4. The second-order valence-corrected chi connectivity index (χ2v) is 7.22. The first-order chi connectivity index (χ1) is 14.0. The van der Waals surface area contributed by atoms with Crippen molar-refractivity contribution in [1.29, 1.82) is 0 Å². The maximum atomic E-state index is 12.6. The first kappa shape index (κ1) is 18.9. The van der Waals surface area contributed by atoms with E-state index in [-0.39, 0.29) is 17.7 Å². The summed E-state index contributed by atoms with van der Waals surface area (Å²) < 4.78 is 1.73. The molecule has 1 aliphatic heterocycles. The van der Waals surface area contributed by atoms with Crippen molar-refractivity contribution in [3.63, 3.8) is 0 Å². The molecule has 0 spiro atoms. The predicted molar refractivity (Wildman–Crippen MR) is 110 cm³/mol. The minimum atomic E-state index is -0.123. The van der Waals surface area contributed by atoms with Crippen molar-refractivity contribution in [2.24, 2.45) is 5.92 Å². The summed E-state index contributed by atoms with van der Waals surface area (Å²) in [6, 6.07) is 11.0. The summed E-state index contributed by atoms with van der Waals surface area (Å²) in [5.74, 6) is 1.48. The number of piperidine rings is 1. The summed E-state index contributed by atoms with van der Waals surface area (Å²) in [6.07, 6.45) is 1.52. The number of aromatic nitrogens is 4. The van der Waals surface area contributed by atoms with Gasteiger partial charge in [-0.1, -0.05) is 0 Å². The second kappa shape index (κ2) is 7.86. The molecule has 0 atom stereocenters. The maximum Gasteiger partial charge on any atom is 0.227 e. The summed E-state index contributed by atoms with van der Waals surface area (Å²) in [5.41, 5.74) is 2.16. The summed E-state index contributed by atoms with van der Waals surface area (Å²) in [7, 11) is 0. The average Bonchev–Trinajstić information content (AvgIpc) is 3.09. The van der Waals surface area contributed by atoms with Crippen LogP contribution in [0, 0.1) is 12.8 Å². The molecular formula is C20H23N7O2. The van der Waals surface area contributed by atoms with E-state index < -0.39 is 0 Å². The van der Waals surface area contributed by atoms with Crippen LogP contribution >= 0.6 is 0 Å². The molecule has 1 aliphatic rings. The lowest BCUT2D eigenvalue weighted by Crippen LogP contribution is -2.38. The van der Waals surface area contributed by atoms with Gasteiger partial charge in [-0.2, -0.15) is 4.52 Å². The van der Waals surface area contributed by atoms with Gasteiger partial charge in [-0.3, -0.25) is 9.59 Å².